The van der Waals surface area contributed by atoms with E-state index in [1.54, 1.807) is 25.1 Å². The van der Waals surface area contributed by atoms with Crippen LogP contribution in [0, 0.1) is 0 Å². The lowest BCUT2D eigenvalue weighted by atomic mass is 10.1. The minimum atomic E-state index is -0.510. The maximum absolute atomic E-state index is 12.3. The molecule has 0 heterocycles. The Hall–Kier alpha value is -2.24. The fourth-order valence-corrected chi connectivity index (χ4v) is 2.58. The summed E-state index contributed by atoms with van der Waals surface area (Å²) < 4.78 is 10.2. The minimum Gasteiger partial charge on any atom is -0.492 e. The van der Waals surface area contributed by atoms with Gasteiger partial charge in [0.15, 0.2) is 0 Å². The topological polar surface area (TPSA) is 64.6 Å². The normalized spacial score (nSPS) is 10.2. The molecular weight excluding hydrogens is 365 g/mol. The number of hydrogen-bond donors (Lipinski definition) is 1. The van der Waals surface area contributed by atoms with Crippen LogP contribution < -0.4 is 10.1 Å². The van der Waals surface area contributed by atoms with Crippen LogP contribution in [0.4, 0.5) is 5.69 Å². The van der Waals surface area contributed by atoms with E-state index in [0.717, 1.165) is 0 Å². The number of hydrogen-bond acceptors (Lipinski definition) is 4. The third kappa shape index (κ3) is 4.87. The first kappa shape index (κ1) is 19.1. The van der Waals surface area contributed by atoms with Crippen molar-refractivity contribution in [3.8, 4) is 5.75 Å². The van der Waals surface area contributed by atoms with Gasteiger partial charge >= 0.3 is 5.97 Å². The van der Waals surface area contributed by atoms with Gasteiger partial charge in [-0.15, -0.1) is 0 Å². The van der Waals surface area contributed by atoms with Gasteiger partial charge in [-0.3, -0.25) is 4.79 Å². The number of anilines is 1. The van der Waals surface area contributed by atoms with Crippen LogP contribution in [-0.2, 0) is 4.74 Å². The Morgan fingerprint density at radius 3 is 2.36 bits per heavy atom. The van der Waals surface area contributed by atoms with Gasteiger partial charge in [-0.2, -0.15) is 0 Å². The highest BCUT2D eigenvalue weighted by molar-refractivity contribution is 6.34. The molecule has 0 spiro atoms. The highest BCUT2D eigenvalue weighted by atomic mass is 35.5. The van der Waals surface area contributed by atoms with E-state index in [9.17, 15) is 9.59 Å². The summed E-state index contributed by atoms with van der Waals surface area (Å²) in [4.78, 5) is 24.0. The van der Waals surface area contributed by atoms with Crippen LogP contribution in [0.1, 0.15) is 34.6 Å². The lowest BCUT2D eigenvalue weighted by Gasteiger charge is -2.10. The first-order chi connectivity index (χ1) is 12.0. The number of carbonyl (C=O) groups is 2. The average molecular weight is 382 g/mol. The molecule has 0 aromatic heterocycles. The summed E-state index contributed by atoms with van der Waals surface area (Å²) >= 11 is 12.2. The van der Waals surface area contributed by atoms with E-state index in [0.29, 0.717) is 28.6 Å². The highest BCUT2D eigenvalue weighted by Crippen LogP contribution is 2.26. The SMILES string of the molecule is CCOC(=O)c1ccc(NC(=O)c2ccc(OCC)c(Cl)c2)cc1Cl. The van der Waals surface area contributed by atoms with Crippen molar-refractivity contribution in [2.45, 2.75) is 13.8 Å². The van der Waals surface area contributed by atoms with Gasteiger partial charge in [0.2, 0.25) is 0 Å². The van der Waals surface area contributed by atoms with Crippen LogP contribution >= 0.6 is 23.2 Å². The van der Waals surface area contributed by atoms with Crippen LogP contribution in [0.3, 0.4) is 0 Å². The van der Waals surface area contributed by atoms with Crippen LogP contribution in [0.15, 0.2) is 36.4 Å². The summed E-state index contributed by atoms with van der Waals surface area (Å²) in [5.41, 5.74) is 1.07. The van der Waals surface area contributed by atoms with Crippen molar-refractivity contribution in [2.75, 3.05) is 18.5 Å². The van der Waals surface area contributed by atoms with Crippen molar-refractivity contribution >= 4 is 40.8 Å². The first-order valence-electron chi connectivity index (χ1n) is 7.66. The van der Waals surface area contributed by atoms with Gasteiger partial charge in [-0.25, -0.2) is 4.79 Å². The summed E-state index contributed by atoms with van der Waals surface area (Å²) in [6, 6.07) is 9.34. The predicted octanol–water partition coefficient (Wildman–Crippen LogP) is 4.82. The van der Waals surface area contributed by atoms with Gasteiger partial charge in [0.25, 0.3) is 5.91 Å². The van der Waals surface area contributed by atoms with Gasteiger partial charge in [-0.05, 0) is 50.2 Å². The third-order valence-corrected chi connectivity index (χ3v) is 3.82. The van der Waals surface area contributed by atoms with E-state index >= 15 is 0 Å². The summed E-state index contributed by atoms with van der Waals surface area (Å²) in [7, 11) is 0. The summed E-state index contributed by atoms with van der Waals surface area (Å²) in [6.45, 7) is 4.30. The largest absolute Gasteiger partial charge is 0.492 e. The molecule has 0 unspecified atom stereocenters. The molecule has 0 radical (unpaired) electrons. The number of benzene rings is 2. The third-order valence-electron chi connectivity index (χ3n) is 3.22. The average Bonchev–Trinajstić information content (AvgIpc) is 2.57. The summed E-state index contributed by atoms with van der Waals surface area (Å²) in [5, 5.41) is 3.25. The van der Waals surface area contributed by atoms with Crippen LogP contribution in [0.25, 0.3) is 0 Å². The van der Waals surface area contributed by atoms with Crippen LogP contribution in [-0.4, -0.2) is 25.1 Å². The van der Waals surface area contributed by atoms with Crippen molar-refractivity contribution in [1.29, 1.82) is 0 Å². The van der Waals surface area contributed by atoms with Gasteiger partial charge in [-0.1, -0.05) is 23.2 Å². The van der Waals surface area contributed by atoms with Gasteiger partial charge in [0.1, 0.15) is 5.75 Å². The first-order valence-corrected chi connectivity index (χ1v) is 8.42. The Balaban J connectivity index is 2.14. The van der Waals surface area contributed by atoms with E-state index in [4.69, 9.17) is 32.7 Å². The molecule has 25 heavy (non-hydrogen) atoms. The molecule has 0 aliphatic carbocycles. The molecule has 2 rings (SSSR count). The van der Waals surface area contributed by atoms with Crippen molar-refractivity contribution in [3.63, 3.8) is 0 Å². The summed E-state index contributed by atoms with van der Waals surface area (Å²) in [5.74, 6) is -0.351. The molecule has 1 amide bonds. The number of carbonyl (C=O) groups excluding carboxylic acids is 2. The molecule has 132 valence electrons. The van der Waals surface area contributed by atoms with E-state index in [1.165, 1.54) is 18.2 Å². The molecule has 2 aromatic carbocycles. The minimum absolute atomic E-state index is 0.195. The zero-order chi connectivity index (χ0) is 18.4. The van der Waals surface area contributed by atoms with Gasteiger partial charge in [0.05, 0.1) is 28.8 Å². The fraction of sp³-hybridized carbons (Fsp3) is 0.222. The Labute approximate surface area is 155 Å². The molecule has 0 bridgehead atoms. The van der Waals surface area contributed by atoms with Gasteiger partial charge in [0, 0.05) is 11.3 Å². The standard InChI is InChI=1S/C18H17Cl2NO4/c1-3-24-16-8-5-11(9-15(16)20)17(22)21-12-6-7-13(14(19)10-12)18(23)25-4-2/h5-10H,3-4H2,1-2H3,(H,21,22). The van der Waals surface area contributed by atoms with Crippen LogP contribution in [0.5, 0.6) is 5.75 Å². The number of ether oxygens (including phenoxy) is 2. The maximum atomic E-state index is 12.3. The number of nitrogens with one attached hydrogen (secondary N) is 1. The molecule has 5 nitrogen and oxygen atoms in total. The fourth-order valence-electron chi connectivity index (χ4n) is 2.09. The number of rotatable bonds is 6. The maximum Gasteiger partial charge on any atom is 0.339 e. The molecule has 1 N–H and O–H groups in total. The molecule has 0 saturated heterocycles. The van der Waals surface area contributed by atoms with E-state index in [-0.39, 0.29) is 23.1 Å². The van der Waals surface area contributed by atoms with E-state index in [1.807, 2.05) is 6.92 Å². The Morgan fingerprint density at radius 1 is 1.00 bits per heavy atom. The summed E-state index contributed by atoms with van der Waals surface area (Å²) in [6.07, 6.45) is 0. The van der Waals surface area contributed by atoms with Crippen molar-refractivity contribution in [3.05, 3.63) is 57.6 Å². The van der Waals surface area contributed by atoms with Crippen molar-refractivity contribution < 1.29 is 19.1 Å². The second-order valence-corrected chi connectivity index (χ2v) is 5.76. The molecule has 0 atom stereocenters. The Kier molecular flexibility index (Phi) is 6.67. The van der Waals surface area contributed by atoms with Gasteiger partial charge < -0.3 is 14.8 Å². The van der Waals surface area contributed by atoms with E-state index in [2.05, 4.69) is 5.32 Å². The second kappa shape index (κ2) is 8.74. The monoisotopic (exact) mass is 381 g/mol. The number of halogens is 2. The quantitative estimate of drug-likeness (QED) is 0.728. The predicted molar refractivity (Wildman–Crippen MR) is 98.0 cm³/mol. The smallest absolute Gasteiger partial charge is 0.339 e. The lowest BCUT2D eigenvalue weighted by Crippen LogP contribution is -2.12. The molecule has 0 saturated carbocycles. The Morgan fingerprint density at radius 2 is 1.76 bits per heavy atom. The highest BCUT2D eigenvalue weighted by Gasteiger charge is 2.14. The second-order valence-electron chi connectivity index (χ2n) is 4.95. The molecule has 2 aromatic rings. The molecule has 0 aliphatic rings. The molecular formula is C18H17Cl2NO4. The van der Waals surface area contributed by atoms with Crippen molar-refractivity contribution in [1.82, 2.24) is 0 Å². The molecule has 0 fully saturated rings. The number of esters is 1. The number of amides is 1. The molecule has 0 aliphatic heterocycles. The zero-order valence-electron chi connectivity index (χ0n) is 13.8. The van der Waals surface area contributed by atoms with Crippen molar-refractivity contribution in [2.24, 2.45) is 0 Å². The Bertz CT molecular complexity index is 793. The van der Waals surface area contributed by atoms with Crippen LogP contribution in [0.2, 0.25) is 10.0 Å². The molecule has 7 heteroatoms. The van der Waals surface area contributed by atoms with E-state index < -0.39 is 5.97 Å². The zero-order valence-corrected chi connectivity index (χ0v) is 15.3. The lowest BCUT2D eigenvalue weighted by molar-refractivity contribution is 0.0526.